The minimum Gasteiger partial charge on any atom is -0.357 e. The number of rotatable bonds is 4. The van der Waals surface area contributed by atoms with Crippen LogP contribution in [0.1, 0.15) is 12.0 Å². The minimum atomic E-state index is -5.94. The smallest absolute Gasteiger partial charge is 0.357 e. The van der Waals surface area contributed by atoms with Crippen molar-refractivity contribution in [1.82, 2.24) is 4.31 Å². The Bertz CT molecular complexity index is 826. The van der Waals surface area contributed by atoms with Gasteiger partial charge in [0.1, 0.15) is 0 Å². The highest BCUT2D eigenvalue weighted by Gasteiger charge is 2.50. The van der Waals surface area contributed by atoms with Crippen molar-refractivity contribution < 1.29 is 34.2 Å². The standard InChI is InChI=1S/C12H12F3NO5S2/c1-9-4-6-10(7-5-9)22(17,18)16-8-2-3-11(16)21-23(19,20)12(13,14)15/h3-7H,2,8H2,1H3. The molecule has 1 aliphatic heterocycles. The van der Waals surface area contributed by atoms with Gasteiger partial charge in [-0.2, -0.15) is 21.6 Å². The Hall–Kier alpha value is -1.75. The number of halogens is 3. The molecule has 2 rings (SSSR count). The summed E-state index contributed by atoms with van der Waals surface area (Å²) in [6.07, 6.45) is 1.02. The van der Waals surface area contributed by atoms with Crippen LogP contribution in [0.2, 0.25) is 0 Å². The van der Waals surface area contributed by atoms with Crippen LogP contribution in [0.25, 0.3) is 0 Å². The Morgan fingerprint density at radius 2 is 1.65 bits per heavy atom. The number of aryl methyl sites for hydroxylation is 1. The quantitative estimate of drug-likeness (QED) is 0.598. The monoisotopic (exact) mass is 371 g/mol. The fourth-order valence-corrected chi connectivity index (χ4v) is 3.78. The van der Waals surface area contributed by atoms with Gasteiger partial charge in [-0.3, -0.25) is 0 Å². The molecule has 0 aromatic heterocycles. The number of hydrogen-bond donors (Lipinski definition) is 0. The average Bonchev–Trinajstić information content (AvgIpc) is 2.86. The van der Waals surface area contributed by atoms with Gasteiger partial charge >= 0.3 is 15.6 Å². The van der Waals surface area contributed by atoms with Crippen LogP contribution in [-0.4, -0.2) is 33.2 Å². The van der Waals surface area contributed by atoms with Crippen LogP contribution < -0.4 is 0 Å². The van der Waals surface area contributed by atoms with Crippen molar-refractivity contribution in [1.29, 1.82) is 0 Å². The third kappa shape index (κ3) is 3.44. The van der Waals surface area contributed by atoms with E-state index in [9.17, 15) is 30.0 Å². The van der Waals surface area contributed by atoms with Crippen LogP contribution in [0.15, 0.2) is 41.1 Å². The molecule has 23 heavy (non-hydrogen) atoms. The van der Waals surface area contributed by atoms with Crippen molar-refractivity contribution in [2.24, 2.45) is 0 Å². The van der Waals surface area contributed by atoms with Gasteiger partial charge in [0.15, 0.2) is 0 Å². The molecule has 0 spiro atoms. The molecule has 1 aromatic rings. The van der Waals surface area contributed by atoms with E-state index in [1.165, 1.54) is 24.3 Å². The second-order valence-corrected chi connectivity index (χ2v) is 8.10. The van der Waals surface area contributed by atoms with E-state index in [1.807, 2.05) is 0 Å². The summed E-state index contributed by atoms with van der Waals surface area (Å²) in [6.45, 7) is 1.52. The van der Waals surface area contributed by atoms with Crippen LogP contribution in [0, 0.1) is 6.92 Å². The zero-order valence-corrected chi connectivity index (χ0v) is 13.4. The highest BCUT2D eigenvalue weighted by Crippen LogP contribution is 2.32. The van der Waals surface area contributed by atoms with Crippen molar-refractivity contribution >= 4 is 20.1 Å². The van der Waals surface area contributed by atoms with Crippen LogP contribution in [0.5, 0.6) is 0 Å². The normalized spacial score (nSPS) is 16.3. The number of alkyl halides is 3. The fraction of sp³-hybridized carbons (Fsp3) is 0.333. The molecule has 0 bridgehead atoms. The first kappa shape index (κ1) is 17.6. The lowest BCUT2D eigenvalue weighted by Crippen LogP contribution is -2.33. The summed E-state index contributed by atoms with van der Waals surface area (Å²) in [7, 11) is -10.2. The van der Waals surface area contributed by atoms with Gasteiger partial charge in [-0.05, 0) is 31.6 Å². The van der Waals surface area contributed by atoms with E-state index in [1.54, 1.807) is 6.92 Å². The fourth-order valence-electron chi connectivity index (χ4n) is 1.83. The molecule has 1 heterocycles. The number of sulfonamides is 1. The third-order valence-corrected chi connectivity index (χ3v) is 5.75. The summed E-state index contributed by atoms with van der Waals surface area (Å²) in [5.74, 6) is -0.872. The predicted octanol–water partition coefficient (Wildman–Crippen LogP) is 2.10. The molecular formula is C12H12F3NO5S2. The molecule has 1 aliphatic rings. The van der Waals surface area contributed by atoms with Crippen molar-refractivity contribution in [3.63, 3.8) is 0 Å². The van der Waals surface area contributed by atoms with Gasteiger partial charge in [0.05, 0.1) is 4.90 Å². The minimum absolute atomic E-state index is 0.0355. The van der Waals surface area contributed by atoms with Crippen LogP contribution in [0.4, 0.5) is 13.2 Å². The summed E-state index contributed by atoms with van der Waals surface area (Å²) in [4.78, 5) is -0.177. The molecule has 0 N–H and O–H groups in total. The zero-order valence-electron chi connectivity index (χ0n) is 11.7. The van der Waals surface area contributed by atoms with Gasteiger partial charge in [0.2, 0.25) is 5.88 Å². The largest absolute Gasteiger partial charge is 0.534 e. The van der Waals surface area contributed by atoms with Gasteiger partial charge in [0, 0.05) is 6.54 Å². The Morgan fingerprint density at radius 3 is 2.17 bits per heavy atom. The van der Waals surface area contributed by atoms with Crippen molar-refractivity contribution in [2.45, 2.75) is 23.7 Å². The summed E-state index contributed by atoms with van der Waals surface area (Å²) in [6, 6.07) is 5.58. The van der Waals surface area contributed by atoms with Gasteiger partial charge in [-0.15, -0.1) is 0 Å². The topological polar surface area (TPSA) is 80.8 Å². The van der Waals surface area contributed by atoms with Crippen molar-refractivity contribution in [3.05, 3.63) is 41.8 Å². The first-order valence-electron chi connectivity index (χ1n) is 6.25. The summed E-state index contributed by atoms with van der Waals surface area (Å²) >= 11 is 0. The van der Waals surface area contributed by atoms with E-state index in [4.69, 9.17) is 0 Å². The van der Waals surface area contributed by atoms with E-state index >= 15 is 0 Å². The maximum Gasteiger partial charge on any atom is 0.534 e. The highest BCUT2D eigenvalue weighted by molar-refractivity contribution is 7.89. The number of nitrogens with zero attached hydrogens (tertiary/aromatic N) is 1. The number of benzene rings is 1. The zero-order chi connectivity index (χ0) is 17.5. The van der Waals surface area contributed by atoms with E-state index in [0.717, 1.165) is 11.6 Å². The summed E-state index contributed by atoms with van der Waals surface area (Å²) in [5, 5.41) is 0. The molecule has 1 aromatic carbocycles. The first-order chi connectivity index (χ1) is 10.4. The average molecular weight is 371 g/mol. The highest BCUT2D eigenvalue weighted by atomic mass is 32.2. The molecule has 0 saturated carbocycles. The van der Waals surface area contributed by atoms with E-state index in [0.29, 0.717) is 4.31 Å². The Kier molecular flexibility index (Phi) is 4.37. The van der Waals surface area contributed by atoms with Gasteiger partial charge in [0.25, 0.3) is 10.0 Å². The molecule has 0 atom stereocenters. The number of hydrogen-bond acceptors (Lipinski definition) is 5. The molecule has 0 saturated heterocycles. The predicted molar refractivity (Wildman–Crippen MR) is 73.8 cm³/mol. The Labute approximate surface area is 131 Å². The van der Waals surface area contributed by atoms with Crippen LogP contribution in [-0.2, 0) is 24.3 Å². The van der Waals surface area contributed by atoms with Crippen molar-refractivity contribution in [2.75, 3.05) is 6.54 Å². The lowest BCUT2D eigenvalue weighted by molar-refractivity contribution is -0.0529. The lowest BCUT2D eigenvalue weighted by atomic mass is 10.2. The van der Waals surface area contributed by atoms with E-state index in [-0.39, 0.29) is 17.9 Å². The molecule has 0 aliphatic carbocycles. The molecule has 6 nitrogen and oxygen atoms in total. The molecule has 0 fully saturated rings. The van der Waals surface area contributed by atoms with Crippen LogP contribution in [0.3, 0.4) is 0 Å². The molecule has 128 valence electrons. The molecule has 0 radical (unpaired) electrons. The Morgan fingerprint density at radius 1 is 1.09 bits per heavy atom. The Balaban J connectivity index is 2.33. The van der Waals surface area contributed by atoms with E-state index < -0.39 is 31.5 Å². The van der Waals surface area contributed by atoms with E-state index in [2.05, 4.69) is 4.18 Å². The second-order valence-electron chi connectivity index (χ2n) is 4.70. The van der Waals surface area contributed by atoms with Crippen LogP contribution >= 0.6 is 0 Å². The maximum atomic E-state index is 12.4. The van der Waals surface area contributed by atoms with Gasteiger partial charge < -0.3 is 4.18 Å². The maximum absolute atomic E-state index is 12.4. The molecule has 0 unspecified atom stereocenters. The SMILES string of the molecule is Cc1ccc(S(=O)(=O)N2CCC=C2OS(=O)(=O)C(F)(F)F)cc1. The lowest BCUT2D eigenvalue weighted by Gasteiger charge is -2.22. The molecule has 0 amide bonds. The van der Waals surface area contributed by atoms with Gasteiger partial charge in [-0.1, -0.05) is 17.7 Å². The second kappa shape index (κ2) is 5.71. The molecule has 11 heteroatoms. The van der Waals surface area contributed by atoms with Gasteiger partial charge in [-0.25, -0.2) is 12.7 Å². The van der Waals surface area contributed by atoms with Crippen molar-refractivity contribution in [3.8, 4) is 0 Å². The molecular weight excluding hydrogens is 359 g/mol. The summed E-state index contributed by atoms with van der Waals surface area (Å²) in [5.41, 5.74) is -4.85. The summed E-state index contributed by atoms with van der Waals surface area (Å²) < 4.78 is 88.5. The first-order valence-corrected chi connectivity index (χ1v) is 9.10. The third-order valence-electron chi connectivity index (χ3n) is 2.98.